The standard InChI is InChI=1S/C8H11ClN2OS/c1-5(12)6(2)13-7-3-4-10-8(9)11-7/h3-6,12H,1-2H3. The van der Waals surface area contributed by atoms with Crippen LogP contribution in [-0.4, -0.2) is 26.4 Å². The van der Waals surface area contributed by atoms with Crippen LogP contribution in [0.15, 0.2) is 17.3 Å². The van der Waals surface area contributed by atoms with Crippen LogP contribution in [0.4, 0.5) is 0 Å². The van der Waals surface area contributed by atoms with E-state index >= 15 is 0 Å². The lowest BCUT2D eigenvalue weighted by Crippen LogP contribution is -2.15. The topological polar surface area (TPSA) is 46.0 Å². The number of thioether (sulfide) groups is 1. The highest BCUT2D eigenvalue weighted by Gasteiger charge is 2.11. The first-order chi connectivity index (χ1) is 6.09. The second-order valence-electron chi connectivity index (χ2n) is 2.73. The second-order valence-corrected chi connectivity index (χ2v) is 4.46. The molecule has 1 heterocycles. The van der Waals surface area contributed by atoms with E-state index < -0.39 is 0 Å². The van der Waals surface area contributed by atoms with Gasteiger partial charge in [-0.25, -0.2) is 9.97 Å². The molecule has 1 aromatic rings. The first-order valence-electron chi connectivity index (χ1n) is 3.93. The first kappa shape index (κ1) is 10.8. The molecular weight excluding hydrogens is 208 g/mol. The van der Waals surface area contributed by atoms with E-state index in [1.165, 1.54) is 11.8 Å². The smallest absolute Gasteiger partial charge is 0.223 e. The van der Waals surface area contributed by atoms with Crippen LogP contribution in [0.3, 0.4) is 0 Å². The van der Waals surface area contributed by atoms with E-state index in [-0.39, 0.29) is 16.6 Å². The van der Waals surface area contributed by atoms with Crippen molar-refractivity contribution in [1.29, 1.82) is 0 Å². The quantitative estimate of drug-likeness (QED) is 0.479. The molecule has 0 amide bonds. The molecule has 0 aliphatic carbocycles. The zero-order valence-electron chi connectivity index (χ0n) is 7.44. The van der Waals surface area contributed by atoms with Crippen LogP contribution < -0.4 is 0 Å². The SMILES string of the molecule is CC(O)C(C)Sc1ccnc(Cl)n1. The third-order valence-electron chi connectivity index (χ3n) is 1.59. The summed E-state index contributed by atoms with van der Waals surface area (Å²) in [5, 5.41) is 10.4. The monoisotopic (exact) mass is 218 g/mol. The molecule has 1 aromatic heterocycles. The van der Waals surface area contributed by atoms with Crippen molar-refractivity contribution in [3.63, 3.8) is 0 Å². The average Bonchev–Trinajstić information content (AvgIpc) is 2.04. The summed E-state index contributed by atoms with van der Waals surface area (Å²) in [5.41, 5.74) is 0. The predicted octanol–water partition coefficient (Wildman–Crippen LogP) is 1.99. The summed E-state index contributed by atoms with van der Waals surface area (Å²) in [7, 11) is 0. The summed E-state index contributed by atoms with van der Waals surface area (Å²) in [4.78, 5) is 7.77. The lowest BCUT2D eigenvalue weighted by molar-refractivity contribution is 0.196. The normalized spacial score (nSPS) is 15.4. The van der Waals surface area contributed by atoms with Crippen LogP contribution in [0.1, 0.15) is 13.8 Å². The maximum atomic E-state index is 9.25. The van der Waals surface area contributed by atoms with Gasteiger partial charge in [0.2, 0.25) is 5.28 Å². The molecule has 0 saturated carbocycles. The molecule has 0 aliphatic heterocycles. The van der Waals surface area contributed by atoms with E-state index in [4.69, 9.17) is 11.6 Å². The fraction of sp³-hybridized carbons (Fsp3) is 0.500. The molecule has 5 heteroatoms. The third kappa shape index (κ3) is 3.50. The molecule has 3 nitrogen and oxygen atoms in total. The summed E-state index contributed by atoms with van der Waals surface area (Å²) >= 11 is 7.09. The zero-order chi connectivity index (χ0) is 9.84. The van der Waals surface area contributed by atoms with Crippen LogP contribution in [0.2, 0.25) is 5.28 Å². The van der Waals surface area contributed by atoms with Gasteiger partial charge in [0.25, 0.3) is 0 Å². The Bertz CT molecular complexity index is 283. The summed E-state index contributed by atoms with van der Waals surface area (Å²) in [6.07, 6.45) is 1.24. The van der Waals surface area contributed by atoms with Gasteiger partial charge in [-0.2, -0.15) is 0 Å². The van der Waals surface area contributed by atoms with Crippen molar-refractivity contribution in [1.82, 2.24) is 9.97 Å². The van der Waals surface area contributed by atoms with Gasteiger partial charge in [0.15, 0.2) is 0 Å². The van der Waals surface area contributed by atoms with Crippen LogP contribution in [0, 0.1) is 0 Å². The summed E-state index contributed by atoms with van der Waals surface area (Å²) in [6.45, 7) is 3.69. The number of aliphatic hydroxyl groups is 1. The molecule has 0 aromatic carbocycles. The molecule has 0 spiro atoms. The Morgan fingerprint density at radius 1 is 1.54 bits per heavy atom. The van der Waals surface area contributed by atoms with E-state index in [2.05, 4.69) is 9.97 Å². The summed E-state index contributed by atoms with van der Waals surface area (Å²) in [5.74, 6) is 0. The Morgan fingerprint density at radius 2 is 2.23 bits per heavy atom. The fourth-order valence-electron chi connectivity index (χ4n) is 0.674. The highest BCUT2D eigenvalue weighted by molar-refractivity contribution is 7.99. The molecule has 2 atom stereocenters. The predicted molar refractivity (Wildman–Crippen MR) is 54.0 cm³/mol. The molecule has 1 rings (SSSR count). The molecule has 0 bridgehead atoms. The first-order valence-corrected chi connectivity index (χ1v) is 5.18. The van der Waals surface area contributed by atoms with E-state index in [9.17, 15) is 5.11 Å². The summed E-state index contributed by atoms with van der Waals surface area (Å²) < 4.78 is 0. The van der Waals surface area contributed by atoms with E-state index in [0.29, 0.717) is 0 Å². The van der Waals surface area contributed by atoms with E-state index in [0.717, 1.165) is 5.03 Å². The minimum Gasteiger partial charge on any atom is -0.392 e. The van der Waals surface area contributed by atoms with Crippen LogP contribution in [0.25, 0.3) is 0 Å². The molecule has 1 N–H and O–H groups in total. The zero-order valence-corrected chi connectivity index (χ0v) is 9.01. The molecule has 0 aliphatic rings. The maximum Gasteiger partial charge on any atom is 0.223 e. The average molecular weight is 219 g/mol. The highest BCUT2D eigenvalue weighted by atomic mass is 35.5. The van der Waals surface area contributed by atoms with Crippen LogP contribution in [0.5, 0.6) is 0 Å². The van der Waals surface area contributed by atoms with Crippen molar-refractivity contribution in [2.75, 3.05) is 0 Å². The minimum atomic E-state index is -0.362. The molecule has 13 heavy (non-hydrogen) atoms. The molecule has 72 valence electrons. The molecular formula is C8H11ClN2OS. The van der Waals surface area contributed by atoms with Gasteiger partial charge in [-0.05, 0) is 24.6 Å². The Morgan fingerprint density at radius 3 is 2.77 bits per heavy atom. The lowest BCUT2D eigenvalue weighted by Gasteiger charge is -2.12. The number of nitrogens with zero attached hydrogens (tertiary/aromatic N) is 2. The van der Waals surface area contributed by atoms with Crippen molar-refractivity contribution in [3.8, 4) is 0 Å². The third-order valence-corrected chi connectivity index (χ3v) is 3.00. The molecule has 0 fully saturated rings. The maximum absolute atomic E-state index is 9.25. The van der Waals surface area contributed by atoms with Gasteiger partial charge in [0.1, 0.15) is 5.03 Å². The molecule has 0 radical (unpaired) electrons. The van der Waals surface area contributed by atoms with Crippen molar-refractivity contribution in [2.45, 2.75) is 30.2 Å². The van der Waals surface area contributed by atoms with Gasteiger partial charge in [0, 0.05) is 11.4 Å². The number of hydrogen-bond donors (Lipinski definition) is 1. The number of rotatable bonds is 3. The van der Waals surface area contributed by atoms with Crippen LogP contribution in [-0.2, 0) is 0 Å². The van der Waals surface area contributed by atoms with Crippen molar-refractivity contribution in [3.05, 3.63) is 17.5 Å². The number of aliphatic hydroxyl groups excluding tert-OH is 1. The van der Waals surface area contributed by atoms with Crippen molar-refractivity contribution < 1.29 is 5.11 Å². The molecule has 0 saturated heterocycles. The van der Waals surface area contributed by atoms with Gasteiger partial charge in [-0.1, -0.05) is 6.92 Å². The van der Waals surface area contributed by atoms with Gasteiger partial charge in [-0.3, -0.25) is 0 Å². The highest BCUT2D eigenvalue weighted by Crippen LogP contribution is 2.23. The minimum absolute atomic E-state index is 0.103. The van der Waals surface area contributed by atoms with Gasteiger partial charge >= 0.3 is 0 Å². The fourth-order valence-corrected chi connectivity index (χ4v) is 1.73. The Kier molecular flexibility index (Phi) is 3.96. The van der Waals surface area contributed by atoms with Crippen LogP contribution >= 0.6 is 23.4 Å². The Labute approximate surface area is 86.6 Å². The van der Waals surface area contributed by atoms with Gasteiger partial charge in [0.05, 0.1) is 6.10 Å². The summed E-state index contributed by atoms with van der Waals surface area (Å²) in [6, 6.07) is 1.77. The molecule has 2 unspecified atom stereocenters. The lowest BCUT2D eigenvalue weighted by atomic mass is 10.3. The number of hydrogen-bond acceptors (Lipinski definition) is 4. The Balaban J connectivity index is 2.64. The van der Waals surface area contributed by atoms with E-state index in [1.54, 1.807) is 19.2 Å². The number of aromatic nitrogens is 2. The van der Waals surface area contributed by atoms with Crippen molar-refractivity contribution in [2.24, 2.45) is 0 Å². The second kappa shape index (κ2) is 4.79. The van der Waals surface area contributed by atoms with Crippen molar-refractivity contribution >= 4 is 23.4 Å². The van der Waals surface area contributed by atoms with Gasteiger partial charge in [-0.15, -0.1) is 11.8 Å². The number of halogens is 1. The van der Waals surface area contributed by atoms with E-state index in [1.807, 2.05) is 6.92 Å². The van der Waals surface area contributed by atoms with Gasteiger partial charge < -0.3 is 5.11 Å². The largest absolute Gasteiger partial charge is 0.392 e. The Hall–Kier alpha value is -0.320.